The Kier molecular flexibility index (Phi) is 1.95. The number of allylic oxidation sites excluding steroid dienone is 5. The van der Waals surface area contributed by atoms with Crippen molar-refractivity contribution in [2.24, 2.45) is 0 Å². The second-order valence-electron chi connectivity index (χ2n) is 3.94. The van der Waals surface area contributed by atoms with Crippen molar-refractivity contribution in [1.82, 2.24) is 5.32 Å². The van der Waals surface area contributed by atoms with Gasteiger partial charge in [0.15, 0.2) is 0 Å². The molecule has 0 fully saturated rings. The molecule has 2 bridgehead atoms. The molecule has 0 radical (unpaired) electrons. The number of benzene rings is 1. The third-order valence-corrected chi connectivity index (χ3v) is 2.96. The molecule has 1 aromatic carbocycles. The molecular weight excluding hydrogens is 182 g/mol. The molecule has 74 valence electrons. The third-order valence-electron chi connectivity index (χ3n) is 2.96. The number of nitrogens with one attached hydrogen (secondary N) is 1. The van der Waals surface area contributed by atoms with E-state index in [1.165, 1.54) is 16.8 Å². The summed E-state index contributed by atoms with van der Waals surface area (Å²) in [5.74, 6) is 0.418. The van der Waals surface area contributed by atoms with Crippen LogP contribution < -0.4 is 5.32 Å². The van der Waals surface area contributed by atoms with Gasteiger partial charge in [-0.05, 0) is 23.3 Å². The highest BCUT2D eigenvalue weighted by atomic mass is 14.9. The van der Waals surface area contributed by atoms with Crippen LogP contribution in [0.25, 0.3) is 0 Å². The van der Waals surface area contributed by atoms with Gasteiger partial charge in [0.1, 0.15) is 0 Å². The Balaban J connectivity index is 2.14. The van der Waals surface area contributed by atoms with Crippen LogP contribution in [0, 0.1) is 0 Å². The maximum absolute atomic E-state index is 3.44. The fraction of sp³-hybridized carbons (Fsp3) is 0.143. The Morgan fingerprint density at radius 3 is 3.07 bits per heavy atom. The van der Waals surface area contributed by atoms with Gasteiger partial charge in [-0.1, -0.05) is 42.5 Å². The SMILES string of the molecule is C1=CC2=CC(C=C1)c1ccccc1CN2. The van der Waals surface area contributed by atoms with Gasteiger partial charge in [0.2, 0.25) is 0 Å². The van der Waals surface area contributed by atoms with Crippen molar-refractivity contribution in [3.8, 4) is 0 Å². The summed E-state index contributed by atoms with van der Waals surface area (Å²) < 4.78 is 0. The Hall–Kier alpha value is -1.76. The van der Waals surface area contributed by atoms with Gasteiger partial charge in [0, 0.05) is 18.2 Å². The van der Waals surface area contributed by atoms with E-state index in [1.807, 2.05) is 0 Å². The van der Waals surface area contributed by atoms with Gasteiger partial charge in [-0.25, -0.2) is 0 Å². The fourth-order valence-electron chi connectivity index (χ4n) is 2.18. The summed E-state index contributed by atoms with van der Waals surface area (Å²) in [6.45, 7) is 0.927. The van der Waals surface area contributed by atoms with Crippen LogP contribution in [0.4, 0.5) is 0 Å². The van der Waals surface area contributed by atoms with Crippen molar-refractivity contribution in [3.05, 3.63) is 71.5 Å². The molecule has 0 aromatic heterocycles. The zero-order valence-corrected chi connectivity index (χ0v) is 8.48. The van der Waals surface area contributed by atoms with Crippen LogP contribution in [-0.2, 0) is 6.54 Å². The maximum atomic E-state index is 3.44. The van der Waals surface area contributed by atoms with E-state index in [-0.39, 0.29) is 0 Å². The molecule has 0 amide bonds. The van der Waals surface area contributed by atoms with Gasteiger partial charge in [-0.15, -0.1) is 0 Å². The number of hydrogen-bond donors (Lipinski definition) is 1. The summed E-state index contributed by atoms with van der Waals surface area (Å²) in [5.41, 5.74) is 4.04. The summed E-state index contributed by atoms with van der Waals surface area (Å²) >= 11 is 0. The molecule has 0 saturated heterocycles. The van der Waals surface area contributed by atoms with Crippen LogP contribution in [0.15, 0.2) is 60.3 Å². The third kappa shape index (κ3) is 1.50. The Morgan fingerprint density at radius 2 is 2.07 bits per heavy atom. The van der Waals surface area contributed by atoms with Crippen LogP contribution in [0.3, 0.4) is 0 Å². The van der Waals surface area contributed by atoms with Gasteiger partial charge < -0.3 is 5.32 Å². The normalized spacial score (nSPS) is 22.1. The average Bonchev–Trinajstić information content (AvgIpc) is 2.61. The molecule has 1 aromatic rings. The van der Waals surface area contributed by atoms with Crippen molar-refractivity contribution in [2.75, 3.05) is 0 Å². The summed E-state index contributed by atoms with van der Waals surface area (Å²) in [5, 5.41) is 3.44. The molecule has 2 aliphatic rings. The Labute approximate surface area is 89.8 Å². The number of hydrogen-bond acceptors (Lipinski definition) is 1. The van der Waals surface area contributed by atoms with Crippen LogP contribution in [-0.4, -0.2) is 0 Å². The summed E-state index contributed by atoms with van der Waals surface area (Å²) in [4.78, 5) is 0. The molecule has 0 saturated carbocycles. The lowest BCUT2D eigenvalue weighted by Crippen LogP contribution is -2.09. The van der Waals surface area contributed by atoms with E-state index in [9.17, 15) is 0 Å². The van der Waals surface area contributed by atoms with E-state index < -0.39 is 0 Å². The van der Waals surface area contributed by atoms with Gasteiger partial charge in [0.05, 0.1) is 0 Å². The molecule has 1 unspecified atom stereocenters. The maximum Gasteiger partial charge on any atom is 0.0403 e. The van der Waals surface area contributed by atoms with Crippen molar-refractivity contribution >= 4 is 0 Å². The van der Waals surface area contributed by atoms with Gasteiger partial charge in [-0.3, -0.25) is 0 Å². The predicted octanol–water partition coefficient (Wildman–Crippen LogP) is 2.88. The minimum Gasteiger partial charge on any atom is -0.381 e. The van der Waals surface area contributed by atoms with E-state index in [0.717, 1.165) is 6.54 Å². The van der Waals surface area contributed by atoms with E-state index in [1.54, 1.807) is 0 Å². The van der Waals surface area contributed by atoms with Crippen molar-refractivity contribution in [2.45, 2.75) is 12.5 Å². The topological polar surface area (TPSA) is 12.0 Å². The Bertz CT molecular complexity index is 466. The summed E-state index contributed by atoms with van der Waals surface area (Å²) in [6, 6.07) is 8.64. The molecule has 1 nitrogen and oxygen atoms in total. The minimum atomic E-state index is 0.418. The summed E-state index contributed by atoms with van der Waals surface area (Å²) in [6.07, 6.45) is 10.9. The molecule has 1 N–H and O–H groups in total. The lowest BCUT2D eigenvalue weighted by molar-refractivity contribution is 0.838. The highest BCUT2D eigenvalue weighted by Crippen LogP contribution is 2.28. The quantitative estimate of drug-likeness (QED) is 0.671. The monoisotopic (exact) mass is 195 g/mol. The molecule has 1 heteroatoms. The second-order valence-corrected chi connectivity index (χ2v) is 3.94. The van der Waals surface area contributed by atoms with Crippen LogP contribution in [0.5, 0.6) is 0 Å². The molecule has 1 heterocycles. The Morgan fingerprint density at radius 1 is 1.13 bits per heavy atom. The fourth-order valence-corrected chi connectivity index (χ4v) is 2.18. The molecule has 1 atom stereocenters. The number of fused-ring (bicyclic) bond motifs is 3. The smallest absolute Gasteiger partial charge is 0.0403 e. The van der Waals surface area contributed by atoms with Gasteiger partial charge >= 0.3 is 0 Å². The highest BCUT2D eigenvalue weighted by Gasteiger charge is 2.14. The first-order chi connectivity index (χ1) is 7.43. The zero-order valence-electron chi connectivity index (χ0n) is 8.48. The second kappa shape index (κ2) is 3.43. The van der Waals surface area contributed by atoms with Crippen LogP contribution in [0.2, 0.25) is 0 Å². The number of rotatable bonds is 0. The first-order valence-corrected chi connectivity index (χ1v) is 5.32. The minimum absolute atomic E-state index is 0.418. The van der Waals surface area contributed by atoms with E-state index >= 15 is 0 Å². The molecule has 3 rings (SSSR count). The van der Waals surface area contributed by atoms with Crippen LogP contribution in [0.1, 0.15) is 17.0 Å². The molecular formula is C14H13N. The van der Waals surface area contributed by atoms with Crippen LogP contribution >= 0.6 is 0 Å². The summed E-state index contributed by atoms with van der Waals surface area (Å²) in [7, 11) is 0. The van der Waals surface area contributed by atoms with Crippen molar-refractivity contribution < 1.29 is 0 Å². The van der Waals surface area contributed by atoms with E-state index in [2.05, 4.69) is 60.0 Å². The first kappa shape index (κ1) is 8.54. The van der Waals surface area contributed by atoms with Gasteiger partial charge in [0.25, 0.3) is 0 Å². The largest absolute Gasteiger partial charge is 0.381 e. The van der Waals surface area contributed by atoms with E-state index in [0.29, 0.717) is 5.92 Å². The standard InChI is InChI=1S/C14H13N/c1-3-7-13-9-11(5-1)14-8-4-2-6-12(14)10-15-13/h1-9,11,15H,10H2. The predicted molar refractivity (Wildman–Crippen MR) is 62.4 cm³/mol. The van der Waals surface area contributed by atoms with Gasteiger partial charge in [-0.2, -0.15) is 0 Å². The lowest BCUT2D eigenvalue weighted by Gasteiger charge is -2.10. The zero-order chi connectivity index (χ0) is 10.1. The molecule has 1 aliphatic carbocycles. The first-order valence-electron chi connectivity index (χ1n) is 5.32. The highest BCUT2D eigenvalue weighted by molar-refractivity contribution is 5.43. The molecule has 0 spiro atoms. The van der Waals surface area contributed by atoms with Crippen molar-refractivity contribution in [1.29, 1.82) is 0 Å². The lowest BCUT2D eigenvalue weighted by atomic mass is 9.94. The van der Waals surface area contributed by atoms with Crippen molar-refractivity contribution in [3.63, 3.8) is 0 Å². The van der Waals surface area contributed by atoms with E-state index in [4.69, 9.17) is 0 Å². The average molecular weight is 195 g/mol. The molecule has 1 aliphatic heterocycles. The molecule has 15 heavy (non-hydrogen) atoms.